The van der Waals surface area contributed by atoms with E-state index in [1.165, 1.54) is 18.4 Å². The Morgan fingerprint density at radius 2 is 1.97 bits per heavy atom. The summed E-state index contributed by atoms with van der Waals surface area (Å²) in [5, 5.41) is 8.09. The van der Waals surface area contributed by atoms with Crippen LogP contribution >= 0.6 is 18.5 Å². The van der Waals surface area contributed by atoms with Crippen molar-refractivity contribution in [2.24, 2.45) is 5.92 Å². The fourth-order valence-corrected chi connectivity index (χ4v) is 6.99. The van der Waals surface area contributed by atoms with E-state index in [4.69, 9.17) is 4.74 Å². The Kier molecular flexibility index (Phi) is 8.90. The number of rotatable bonds is 7. The van der Waals surface area contributed by atoms with Crippen molar-refractivity contribution in [3.63, 3.8) is 0 Å². The molecule has 2 atom stereocenters. The van der Waals surface area contributed by atoms with E-state index in [1.807, 2.05) is 12.1 Å². The summed E-state index contributed by atoms with van der Waals surface area (Å²) in [7, 11) is 1.20. The first-order valence-corrected chi connectivity index (χ1v) is 16.3. The molecule has 210 valence electrons. The van der Waals surface area contributed by atoms with Crippen molar-refractivity contribution in [3.8, 4) is 17.6 Å². The number of likely N-dealkylation sites (tertiary alicyclic amines) is 1. The van der Waals surface area contributed by atoms with E-state index in [0.29, 0.717) is 32.9 Å². The summed E-state index contributed by atoms with van der Waals surface area (Å²) in [5.41, 5.74) is 1.76. The second-order valence-corrected chi connectivity index (χ2v) is 14.8. The maximum absolute atomic E-state index is 13.6. The predicted molar refractivity (Wildman–Crippen MR) is 158 cm³/mol. The first-order chi connectivity index (χ1) is 18.4. The van der Waals surface area contributed by atoms with Gasteiger partial charge < -0.3 is 24.8 Å². The summed E-state index contributed by atoms with van der Waals surface area (Å²) >= 11 is 1.31. The summed E-state index contributed by atoms with van der Waals surface area (Å²) in [6.45, 7) is 7.76. The molecule has 0 aliphatic carbocycles. The van der Waals surface area contributed by atoms with E-state index < -0.39 is 19.7 Å². The quantitative estimate of drug-likeness (QED) is 0.249. The minimum Gasteiger partial charge on any atom is -0.495 e. The predicted octanol–water partition coefficient (Wildman–Crippen LogP) is 6.48. The van der Waals surface area contributed by atoms with E-state index in [0.717, 1.165) is 29.9 Å². The molecule has 0 bridgehead atoms. The lowest BCUT2D eigenvalue weighted by atomic mass is 9.94. The van der Waals surface area contributed by atoms with E-state index >= 15 is 0 Å². The lowest BCUT2D eigenvalue weighted by Gasteiger charge is -2.35. The zero-order chi connectivity index (χ0) is 28.4. The van der Waals surface area contributed by atoms with Gasteiger partial charge in [0.1, 0.15) is 12.9 Å². The molecule has 0 radical (unpaired) electrons. The van der Waals surface area contributed by atoms with Crippen LogP contribution in [0.15, 0.2) is 36.4 Å². The molecule has 0 amide bonds. The summed E-state index contributed by atoms with van der Waals surface area (Å²) in [4.78, 5) is 2.73. The van der Waals surface area contributed by atoms with Gasteiger partial charge in [-0.1, -0.05) is 30.9 Å². The van der Waals surface area contributed by atoms with Gasteiger partial charge in [0.2, 0.25) is 0 Å². The molecule has 2 heterocycles. The van der Waals surface area contributed by atoms with Crippen LogP contribution in [-0.4, -0.2) is 64.2 Å². The maximum Gasteiger partial charge on any atom is 0.393 e. The molecular weight excluding hydrogens is 542 g/mol. The van der Waals surface area contributed by atoms with Crippen molar-refractivity contribution in [2.45, 2.75) is 32.0 Å². The summed E-state index contributed by atoms with van der Waals surface area (Å²) in [5.74, 6) is 6.95. The zero-order valence-corrected chi connectivity index (χ0v) is 24.6. The van der Waals surface area contributed by atoms with Crippen LogP contribution in [0.2, 0.25) is 0 Å². The molecule has 5 nitrogen and oxygen atoms in total. The Labute approximate surface area is 232 Å². The Balaban J connectivity index is 1.60. The molecule has 2 N–H and O–H groups in total. The van der Waals surface area contributed by atoms with Crippen molar-refractivity contribution < 1.29 is 22.5 Å². The number of halogens is 3. The minimum atomic E-state index is -4.35. The van der Waals surface area contributed by atoms with Crippen molar-refractivity contribution in [1.82, 2.24) is 4.90 Å². The van der Waals surface area contributed by atoms with Crippen LogP contribution in [0.1, 0.15) is 23.8 Å². The first kappa shape index (κ1) is 29.3. The number of fused-ring (bicyclic) bond motifs is 1. The Bertz CT molecular complexity index is 1440. The fraction of sp³-hybridized carbons (Fsp3) is 0.448. The van der Waals surface area contributed by atoms with Gasteiger partial charge in [-0.05, 0) is 74.5 Å². The van der Waals surface area contributed by atoms with Crippen LogP contribution < -0.4 is 20.7 Å². The van der Waals surface area contributed by atoms with Gasteiger partial charge >= 0.3 is 6.18 Å². The average Bonchev–Trinajstić information content (AvgIpc) is 3.19. The fourth-order valence-electron chi connectivity index (χ4n) is 4.95. The molecule has 3 aromatic rings. The molecule has 39 heavy (non-hydrogen) atoms. The van der Waals surface area contributed by atoms with Gasteiger partial charge in [-0.15, -0.1) is 11.3 Å². The van der Waals surface area contributed by atoms with Crippen LogP contribution in [0.25, 0.3) is 10.1 Å². The number of ether oxygens (including phenoxy) is 1. The standard InChI is InChI=1S/C29H35F3N3O2PS/c1-19-18-35(2)15-13-23(19)34-25-9-6-8-21-22(17-29(30,31)32)27(39-28(21)25)10-7-14-33-24-12-11-20(38(4,5)36)16-26(24)37-3/h6,8-9,11-12,16,19,23,33-34H,13-15,17-18H2,1-5H3/t19-,23-/m0/s1. The van der Waals surface area contributed by atoms with Gasteiger partial charge in [0.25, 0.3) is 0 Å². The molecule has 4 rings (SSSR count). The highest BCUT2D eigenvalue weighted by Gasteiger charge is 2.31. The number of methoxy groups -OCH3 is 1. The van der Waals surface area contributed by atoms with Crippen LogP contribution in [-0.2, 0) is 11.0 Å². The summed E-state index contributed by atoms with van der Waals surface area (Å²) < 4.78 is 59.4. The maximum atomic E-state index is 13.6. The van der Waals surface area contributed by atoms with Crippen molar-refractivity contribution in [3.05, 3.63) is 46.8 Å². The smallest absolute Gasteiger partial charge is 0.393 e. The zero-order valence-electron chi connectivity index (χ0n) is 22.9. The molecule has 1 aliphatic heterocycles. The van der Waals surface area contributed by atoms with E-state index in [9.17, 15) is 17.7 Å². The number of anilines is 2. The molecule has 0 saturated carbocycles. The molecule has 0 unspecified atom stereocenters. The van der Waals surface area contributed by atoms with E-state index in [2.05, 4.69) is 41.3 Å². The van der Waals surface area contributed by atoms with Gasteiger partial charge in [-0.3, -0.25) is 0 Å². The van der Waals surface area contributed by atoms with Crippen LogP contribution in [0.5, 0.6) is 5.75 Å². The molecule has 1 aromatic heterocycles. The lowest BCUT2D eigenvalue weighted by Crippen LogP contribution is -2.43. The third-order valence-electron chi connectivity index (χ3n) is 7.02. The SMILES string of the molecule is COc1cc(P(C)(C)=O)ccc1NCC#Cc1sc2c(N[C@H]3CCN(C)C[C@@H]3C)cccc2c1CC(F)(F)F. The lowest BCUT2D eigenvalue weighted by molar-refractivity contribution is -0.126. The highest BCUT2D eigenvalue weighted by atomic mass is 32.1. The minimum absolute atomic E-state index is 0.212. The molecule has 1 fully saturated rings. The number of hydrogen-bond donors (Lipinski definition) is 2. The normalized spacial score (nSPS) is 18.5. The van der Waals surface area contributed by atoms with Gasteiger partial charge in [0, 0.05) is 17.9 Å². The second kappa shape index (κ2) is 11.8. The highest BCUT2D eigenvalue weighted by Crippen LogP contribution is 2.40. The molecular formula is C29H35F3N3O2PS. The molecule has 1 saturated heterocycles. The highest BCUT2D eigenvalue weighted by molar-refractivity contribution is 7.70. The number of nitrogens with zero attached hydrogens (tertiary/aromatic N) is 1. The molecule has 10 heteroatoms. The van der Waals surface area contributed by atoms with Crippen molar-refractivity contribution >= 4 is 45.2 Å². The van der Waals surface area contributed by atoms with Gasteiger partial charge in [-0.2, -0.15) is 13.2 Å². The number of nitrogens with one attached hydrogen (secondary N) is 2. The Morgan fingerprint density at radius 1 is 1.21 bits per heavy atom. The number of benzene rings is 2. The van der Waals surface area contributed by atoms with E-state index in [-0.39, 0.29) is 18.2 Å². The van der Waals surface area contributed by atoms with E-state index in [1.54, 1.807) is 37.6 Å². The summed E-state index contributed by atoms with van der Waals surface area (Å²) in [6.07, 6.45) is -4.39. The first-order valence-electron chi connectivity index (χ1n) is 12.9. The number of piperidine rings is 1. The largest absolute Gasteiger partial charge is 0.495 e. The third kappa shape index (κ3) is 7.30. The molecule has 0 spiro atoms. The molecule has 1 aliphatic rings. The van der Waals surface area contributed by atoms with Crippen LogP contribution in [0.4, 0.5) is 24.5 Å². The number of hydrogen-bond acceptors (Lipinski definition) is 6. The average molecular weight is 578 g/mol. The number of alkyl halides is 3. The van der Waals surface area contributed by atoms with Gasteiger partial charge in [0.05, 0.1) is 41.0 Å². The number of thiophene rings is 1. The second-order valence-electron chi connectivity index (χ2n) is 10.6. The monoisotopic (exact) mass is 577 g/mol. The Morgan fingerprint density at radius 3 is 2.64 bits per heavy atom. The topological polar surface area (TPSA) is 53.6 Å². The van der Waals surface area contributed by atoms with Gasteiger partial charge in [-0.25, -0.2) is 0 Å². The van der Waals surface area contributed by atoms with Crippen LogP contribution in [0.3, 0.4) is 0 Å². The van der Waals surface area contributed by atoms with Gasteiger partial charge in [0.15, 0.2) is 0 Å². The van der Waals surface area contributed by atoms with Crippen LogP contribution in [0, 0.1) is 17.8 Å². The summed E-state index contributed by atoms with van der Waals surface area (Å²) in [6, 6.07) is 11.1. The molecule has 2 aromatic carbocycles. The van der Waals surface area contributed by atoms with Crippen molar-refractivity contribution in [2.75, 3.05) is 57.8 Å². The Hall–Kier alpha value is -2.66. The van der Waals surface area contributed by atoms with Crippen molar-refractivity contribution in [1.29, 1.82) is 0 Å². The third-order valence-corrected chi connectivity index (χ3v) is 9.74.